The van der Waals surface area contributed by atoms with Crippen LogP contribution in [0.25, 0.3) is 0 Å². The summed E-state index contributed by atoms with van der Waals surface area (Å²) in [5, 5.41) is 9.05. The summed E-state index contributed by atoms with van der Waals surface area (Å²) in [6, 6.07) is 4.04. The minimum Gasteiger partial charge on any atom is -0.481 e. The summed E-state index contributed by atoms with van der Waals surface area (Å²) < 4.78 is 26.3. The zero-order valence-electron chi connectivity index (χ0n) is 14.8. The van der Waals surface area contributed by atoms with Gasteiger partial charge in [-0.05, 0) is 68.6 Å². The second-order valence-electron chi connectivity index (χ2n) is 7.61. The van der Waals surface area contributed by atoms with Gasteiger partial charge in [0.05, 0.1) is 5.92 Å². The first kappa shape index (κ1) is 18.8. The predicted octanol–water partition coefficient (Wildman–Crippen LogP) is 3.64. The van der Waals surface area contributed by atoms with Crippen LogP contribution in [0.4, 0.5) is 8.78 Å². The number of halogens is 2. The maximum absolute atomic E-state index is 13.3. The molecule has 1 saturated carbocycles. The number of likely N-dealkylation sites (tertiary alicyclic amines) is 1. The van der Waals surface area contributed by atoms with Crippen LogP contribution in [0.2, 0.25) is 0 Å². The quantitative estimate of drug-likeness (QED) is 0.886. The van der Waals surface area contributed by atoms with E-state index in [2.05, 4.69) is 0 Å². The lowest BCUT2D eigenvalue weighted by molar-refractivity contribution is -0.146. The third-order valence-corrected chi connectivity index (χ3v) is 5.86. The molecule has 1 heterocycles. The number of carboxylic acid groups (broad SMARTS) is 1. The number of carboxylic acids is 1. The van der Waals surface area contributed by atoms with E-state index in [0.717, 1.165) is 24.5 Å². The van der Waals surface area contributed by atoms with Crippen LogP contribution in [-0.2, 0) is 16.0 Å². The van der Waals surface area contributed by atoms with Crippen molar-refractivity contribution < 1.29 is 23.5 Å². The van der Waals surface area contributed by atoms with E-state index in [0.29, 0.717) is 51.1 Å². The molecule has 1 saturated heterocycles. The molecule has 0 unspecified atom stereocenters. The largest absolute Gasteiger partial charge is 0.481 e. The fourth-order valence-electron chi connectivity index (χ4n) is 4.20. The summed E-state index contributed by atoms with van der Waals surface area (Å²) in [5.74, 6) is -2.23. The molecule has 0 bridgehead atoms. The Hall–Kier alpha value is -1.98. The molecule has 0 atom stereocenters. The highest BCUT2D eigenvalue weighted by molar-refractivity contribution is 5.79. The highest BCUT2D eigenvalue weighted by Gasteiger charge is 2.33. The van der Waals surface area contributed by atoms with Gasteiger partial charge >= 0.3 is 5.97 Å². The third kappa shape index (κ3) is 4.40. The van der Waals surface area contributed by atoms with Crippen molar-refractivity contribution in [2.45, 2.75) is 44.9 Å². The SMILES string of the molecule is O=C(O)C1CCC(C(=O)N2CCC(Cc3ccc(F)c(F)c3)CC2)CC1. The second-order valence-corrected chi connectivity index (χ2v) is 7.61. The minimum atomic E-state index is -0.827. The number of hydrogen-bond acceptors (Lipinski definition) is 2. The van der Waals surface area contributed by atoms with Crippen LogP contribution in [0.15, 0.2) is 18.2 Å². The normalized spacial score (nSPS) is 24.5. The summed E-state index contributed by atoms with van der Waals surface area (Å²) in [7, 11) is 0. The predicted molar refractivity (Wildman–Crippen MR) is 92.4 cm³/mol. The van der Waals surface area contributed by atoms with Crippen LogP contribution in [0, 0.1) is 29.4 Å². The summed E-state index contributed by atoms with van der Waals surface area (Å²) >= 11 is 0. The lowest BCUT2D eigenvalue weighted by atomic mass is 9.81. The first-order chi connectivity index (χ1) is 12.4. The van der Waals surface area contributed by atoms with Crippen LogP contribution in [0.1, 0.15) is 44.1 Å². The van der Waals surface area contributed by atoms with Crippen molar-refractivity contribution in [1.82, 2.24) is 4.90 Å². The Kier molecular flexibility index (Phi) is 5.89. The third-order valence-electron chi connectivity index (χ3n) is 5.86. The van der Waals surface area contributed by atoms with Gasteiger partial charge in [-0.2, -0.15) is 0 Å². The molecule has 6 heteroatoms. The van der Waals surface area contributed by atoms with E-state index in [4.69, 9.17) is 5.11 Å². The molecule has 1 aliphatic carbocycles. The number of carbonyl (C=O) groups excluding carboxylic acids is 1. The van der Waals surface area contributed by atoms with Gasteiger partial charge in [0.1, 0.15) is 0 Å². The molecule has 1 aromatic rings. The highest BCUT2D eigenvalue weighted by atomic mass is 19.2. The van der Waals surface area contributed by atoms with Crippen molar-refractivity contribution >= 4 is 11.9 Å². The van der Waals surface area contributed by atoms with Gasteiger partial charge in [-0.1, -0.05) is 6.07 Å². The zero-order valence-corrected chi connectivity index (χ0v) is 14.8. The van der Waals surface area contributed by atoms with Gasteiger partial charge in [0.2, 0.25) is 5.91 Å². The monoisotopic (exact) mass is 365 g/mol. The molecule has 26 heavy (non-hydrogen) atoms. The molecule has 1 amide bonds. The van der Waals surface area contributed by atoms with Crippen LogP contribution in [0.3, 0.4) is 0 Å². The second kappa shape index (κ2) is 8.14. The van der Waals surface area contributed by atoms with Crippen molar-refractivity contribution in [1.29, 1.82) is 0 Å². The molecule has 2 fully saturated rings. The first-order valence-electron chi connectivity index (χ1n) is 9.39. The maximum atomic E-state index is 13.3. The number of piperidine rings is 1. The molecule has 1 aromatic carbocycles. The van der Waals surface area contributed by atoms with E-state index >= 15 is 0 Å². The van der Waals surface area contributed by atoms with E-state index in [1.807, 2.05) is 4.90 Å². The van der Waals surface area contributed by atoms with Gasteiger partial charge in [0.15, 0.2) is 11.6 Å². The first-order valence-corrected chi connectivity index (χ1v) is 9.39. The van der Waals surface area contributed by atoms with E-state index in [9.17, 15) is 18.4 Å². The Labute approximate surface area is 152 Å². The van der Waals surface area contributed by atoms with Crippen molar-refractivity contribution in [2.24, 2.45) is 17.8 Å². The van der Waals surface area contributed by atoms with Crippen LogP contribution >= 0.6 is 0 Å². The molecule has 1 N–H and O–H groups in total. The van der Waals surface area contributed by atoms with Crippen LogP contribution < -0.4 is 0 Å². The van der Waals surface area contributed by atoms with Gasteiger partial charge in [-0.15, -0.1) is 0 Å². The Balaban J connectivity index is 1.46. The fourth-order valence-corrected chi connectivity index (χ4v) is 4.20. The number of benzene rings is 1. The molecule has 0 spiro atoms. The van der Waals surface area contributed by atoms with Gasteiger partial charge < -0.3 is 10.0 Å². The lowest BCUT2D eigenvalue weighted by Crippen LogP contribution is -2.43. The standard InChI is InChI=1S/C20H25F2NO3/c21-17-6-1-14(12-18(17)22)11-13-7-9-23(10-8-13)19(24)15-2-4-16(5-3-15)20(25)26/h1,6,12-13,15-16H,2-5,7-11H2,(H,25,26). The van der Waals surface area contributed by atoms with Crippen molar-refractivity contribution in [3.63, 3.8) is 0 Å². The molecule has 4 nitrogen and oxygen atoms in total. The number of hydrogen-bond donors (Lipinski definition) is 1. The van der Waals surface area contributed by atoms with E-state index in [-0.39, 0.29) is 17.7 Å². The number of carbonyl (C=O) groups is 2. The van der Waals surface area contributed by atoms with E-state index in [1.54, 1.807) is 6.07 Å². The van der Waals surface area contributed by atoms with Crippen molar-refractivity contribution in [3.8, 4) is 0 Å². The molecule has 0 aromatic heterocycles. The van der Waals surface area contributed by atoms with Crippen molar-refractivity contribution in [3.05, 3.63) is 35.4 Å². The van der Waals surface area contributed by atoms with Gasteiger partial charge in [-0.25, -0.2) is 8.78 Å². The molecular formula is C20H25F2NO3. The van der Waals surface area contributed by atoms with Gasteiger partial charge in [0, 0.05) is 19.0 Å². The highest BCUT2D eigenvalue weighted by Crippen LogP contribution is 2.31. The molecule has 142 valence electrons. The smallest absolute Gasteiger partial charge is 0.306 e. The Bertz CT molecular complexity index is 663. The van der Waals surface area contributed by atoms with Crippen LogP contribution in [-0.4, -0.2) is 35.0 Å². The van der Waals surface area contributed by atoms with Gasteiger partial charge in [-0.3, -0.25) is 9.59 Å². The molecular weight excluding hydrogens is 340 g/mol. The summed E-state index contributed by atoms with van der Waals surface area (Å²) in [4.78, 5) is 25.6. The number of aliphatic carboxylic acids is 1. The zero-order chi connectivity index (χ0) is 18.7. The minimum absolute atomic E-state index is 0.0478. The molecule has 3 rings (SSSR count). The summed E-state index contributed by atoms with van der Waals surface area (Å²) in [6.45, 7) is 1.37. The maximum Gasteiger partial charge on any atom is 0.306 e. The van der Waals surface area contributed by atoms with E-state index < -0.39 is 17.6 Å². The van der Waals surface area contributed by atoms with Gasteiger partial charge in [0.25, 0.3) is 0 Å². The Morgan fingerprint density at radius 2 is 1.58 bits per heavy atom. The van der Waals surface area contributed by atoms with Crippen molar-refractivity contribution in [2.75, 3.05) is 13.1 Å². The summed E-state index contributed by atoms with van der Waals surface area (Å²) in [5.41, 5.74) is 0.792. The molecule has 1 aliphatic heterocycles. The van der Waals surface area contributed by atoms with Crippen LogP contribution in [0.5, 0.6) is 0 Å². The average Bonchev–Trinajstić information content (AvgIpc) is 2.65. The lowest BCUT2D eigenvalue weighted by Gasteiger charge is -2.36. The fraction of sp³-hybridized carbons (Fsp3) is 0.600. The number of rotatable bonds is 4. The van der Waals surface area contributed by atoms with E-state index in [1.165, 1.54) is 6.07 Å². The average molecular weight is 365 g/mol. The Morgan fingerprint density at radius 1 is 0.962 bits per heavy atom. The number of nitrogens with zero attached hydrogens (tertiary/aromatic N) is 1. The number of amides is 1. The Morgan fingerprint density at radius 3 is 2.15 bits per heavy atom. The molecule has 0 radical (unpaired) electrons. The molecule has 2 aliphatic rings. The summed E-state index contributed by atoms with van der Waals surface area (Å²) in [6.07, 6.45) is 4.89. The topological polar surface area (TPSA) is 57.6 Å².